The topological polar surface area (TPSA) is 33.4 Å². The molecule has 0 radical (unpaired) electrons. The van der Waals surface area contributed by atoms with Crippen LogP contribution in [0.1, 0.15) is 39.7 Å². The molecule has 4 rings (SSSR count). The molecule has 1 saturated heterocycles. The van der Waals surface area contributed by atoms with Gasteiger partial charge < -0.3 is 9.80 Å². The Kier molecular flexibility index (Phi) is 7.29. The maximum absolute atomic E-state index is 12.9. The zero-order valence-corrected chi connectivity index (χ0v) is 21.0. The monoisotopic (exact) mass is 498 g/mol. The van der Waals surface area contributed by atoms with Crippen LogP contribution in [0, 0.1) is 11.8 Å². The summed E-state index contributed by atoms with van der Waals surface area (Å²) in [7, 11) is 0. The van der Waals surface area contributed by atoms with Crippen LogP contribution in [0.5, 0.6) is 0 Å². The van der Waals surface area contributed by atoms with Gasteiger partial charge in [0.1, 0.15) is 0 Å². The highest BCUT2D eigenvalue weighted by atomic mass is 79.9. The lowest BCUT2D eigenvalue weighted by atomic mass is 9.98. The van der Waals surface area contributed by atoms with Gasteiger partial charge in [0.05, 0.1) is 0 Å². The van der Waals surface area contributed by atoms with Crippen LogP contribution in [-0.4, -0.2) is 40.2 Å². The third-order valence-corrected chi connectivity index (χ3v) is 7.38. The zero-order chi connectivity index (χ0) is 22.7. The van der Waals surface area contributed by atoms with Crippen LogP contribution in [0.3, 0.4) is 0 Å². The van der Waals surface area contributed by atoms with Gasteiger partial charge in [-0.3, -0.25) is 9.13 Å². The van der Waals surface area contributed by atoms with Crippen molar-refractivity contribution in [3.05, 3.63) is 75.5 Å². The van der Waals surface area contributed by atoms with E-state index in [1.807, 2.05) is 21.5 Å². The Morgan fingerprint density at radius 2 is 1.72 bits per heavy atom. The maximum Gasteiger partial charge on any atom is 0.328 e. The molecule has 2 aliphatic rings. The first kappa shape index (κ1) is 23.0. The van der Waals surface area contributed by atoms with Crippen molar-refractivity contribution in [3.63, 3.8) is 0 Å². The van der Waals surface area contributed by atoms with Gasteiger partial charge in [0, 0.05) is 67.0 Å². The van der Waals surface area contributed by atoms with Gasteiger partial charge >= 0.3 is 5.69 Å². The summed E-state index contributed by atoms with van der Waals surface area (Å²) in [6.45, 7) is 11.4. The average molecular weight is 499 g/mol. The Morgan fingerprint density at radius 1 is 1.03 bits per heavy atom. The number of rotatable bonds is 7. The number of anilines is 1. The van der Waals surface area contributed by atoms with E-state index in [0.717, 1.165) is 50.0 Å². The van der Waals surface area contributed by atoms with Crippen LogP contribution in [0.15, 0.2) is 69.9 Å². The van der Waals surface area contributed by atoms with Gasteiger partial charge in [-0.1, -0.05) is 48.9 Å². The summed E-state index contributed by atoms with van der Waals surface area (Å²) >= 11 is 3.52. The molecule has 2 heterocycles. The van der Waals surface area contributed by atoms with Gasteiger partial charge in [-0.15, -0.1) is 0 Å². The van der Waals surface area contributed by atoms with Crippen LogP contribution < -0.4 is 10.6 Å². The lowest BCUT2D eigenvalue weighted by Crippen LogP contribution is -2.45. The number of hydrogen-bond donors (Lipinski definition) is 0. The molecule has 0 N–H and O–H groups in total. The molecule has 32 heavy (non-hydrogen) atoms. The van der Waals surface area contributed by atoms with E-state index in [-0.39, 0.29) is 11.7 Å². The molecule has 0 saturated carbocycles. The van der Waals surface area contributed by atoms with Gasteiger partial charge in [-0.2, -0.15) is 0 Å². The third kappa shape index (κ3) is 5.06. The highest BCUT2D eigenvalue weighted by Crippen LogP contribution is 2.25. The molecule has 172 valence electrons. The molecule has 0 bridgehead atoms. The van der Waals surface area contributed by atoms with Crippen molar-refractivity contribution in [1.82, 2.24) is 14.0 Å². The van der Waals surface area contributed by atoms with Crippen LogP contribution in [0.25, 0.3) is 0 Å². The van der Waals surface area contributed by atoms with E-state index >= 15 is 0 Å². The Balaban J connectivity index is 1.31. The van der Waals surface area contributed by atoms with Crippen molar-refractivity contribution < 1.29 is 0 Å². The number of imidazole rings is 1. The van der Waals surface area contributed by atoms with E-state index in [0.29, 0.717) is 11.8 Å². The van der Waals surface area contributed by atoms with Gasteiger partial charge in [0.15, 0.2) is 0 Å². The minimum Gasteiger partial charge on any atom is -0.368 e. The summed E-state index contributed by atoms with van der Waals surface area (Å²) in [6, 6.07) is 8.86. The van der Waals surface area contributed by atoms with E-state index < -0.39 is 0 Å². The van der Waals surface area contributed by atoms with E-state index in [4.69, 9.17) is 0 Å². The third-order valence-electron chi connectivity index (χ3n) is 6.86. The minimum absolute atomic E-state index is 0.123. The Labute approximate surface area is 200 Å². The summed E-state index contributed by atoms with van der Waals surface area (Å²) in [5, 5.41) is 0. The van der Waals surface area contributed by atoms with Crippen LogP contribution in [0.2, 0.25) is 0 Å². The van der Waals surface area contributed by atoms with E-state index in [2.05, 4.69) is 89.0 Å². The minimum atomic E-state index is 0.123. The van der Waals surface area contributed by atoms with Gasteiger partial charge in [-0.25, -0.2) is 4.79 Å². The first-order chi connectivity index (χ1) is 15.5. The predicted octanol–water partition coefficient (Wildman–Crippen LogP) is 5.30. The second-order valence-electron chi connectivity index (χ2n) is 9.29. The number of halogens is 1. The number of piperazine rings is 1. The molecular formula is C26H35BrN4O. The van der Waals surface area contributed by atoms with Gasteiger partial charge in [0.2, 0.25) is 0 Å². The first-order valence-corrected chi connectivity index (χ1v) is 12.7. The van der Waals surface area contributed by atoms with E-state index in [9.17, 15) is 4.79 Å². The molecule has 5 nitrogen and oxygen atoms in total. The van der Waals surface area contributed by atoms with Gasteiger partial charge in [-0.05, 0) is 55.0 Å². The van der Waals surface area contributed by atoms with Crippen molar-refractivity contribution in [2.75, 3.05) is 31.1 Å². The van der Waals surface area contributed by atoms with Crippen molar-refractivity contribution in [1.29, 1.82) is 0 Å². The molecule has 2 atom stereocenters. The second kappa shape index (κ2) is 10.2. The standard InChI is InChI=1S/C26H35BrN4O/c1-4-25(20(2)3)31-18-17-30(26(31)32)19-21-5-9-23(10-6-21)28-13-15-29(16-14-28)24-11-7-22(27)8-12-24/h5,7-12,17-18,20-21,25H,4,6,13-16,19H2,1-3H3. The maximum atomic E-state index is 12.9. The van der Waals surface area contributed by atoms with Crippen LogP contribution in [-0.2, 0) is 6.54 Å². The first-order valence-electron chi connectivity index (χ1n) is 11.9. The molecule has 1 fully saturated rings. The zero-order valence-electron chi connectivity index (χ0n) is 19.5. The molecule has 6 heteroatoms. The molecule has 1 aliphatic carbocycles. The van der Waals surface area contributed by atoms with Crippen LogP contribution in [0.4, 0.5) is 5.69 Å². The molecule has 2 aromatic rings. The second-order valence-corrected chi connectivity index (χ2v) is 10.2. The average Bonchev–Trinajstić information content (AvgIpc) is 3.15. The molecular weight excluding hydrogens is 464 g/mol. The number of benzene rings is 1. The number of nitrogens with zero attached hydrogens (tertiary/aromatic N) is 4. The van der Waals surface area contributed by atoms with Crippen molar-refractivity contribution in [3.8, 4) is 0 Å². The molecule has 2 unspecified atom stereocenters. The largest absolute Gasteiger partial charge is 0.368 e. The molecule has 0 spiro atoms. The SMILES string of the molecule is CCC(C(C)C)n1ccn(CC2C=CC(N3CCN(c4ccc(Br)cc4)CC3)=CC2)c1=O. The summed E-state index contributed by atoms with van der Waals surface area (Å²) < 4.78 is 4.93. The predicted molar refractivity (Wildman–Crippen MR) is 136 cm³/mol. The summed E-state index contributed by atoms with van der Waals surface area (Å²) in [4.78, 5) is 17.8. The van der Waals surface area contributed by atoms with Crippen molar-refractivity contribution in [2.24, 2.45) is 11.8 Å². The number of aromatic nitrogens is 2. The highest BCUT2D eigenvalue weighted by molar-refractivity contribution is 9.10. The number of allylic oxidation sites excluding steroid dienone is 3. The van der Waals surface area contributed by atoms with Crippen molar-refractivity contribution in [2.45, 2.75) is 46.2 Å². The number of hydrogen-bond acceptors (Lipinski definition) is 3. The fourth-order valence-electron chi connectivity index (χ4n) is 4.96. The van der Waals surface area contributed by atoms with Crippen molar-refractivity contribution >= 4 is 21.6 Å². The summed E-state index contributed by atoms with van der Waals surface area (Å²) in [6.07, 6.45) is 12.8. The molecule has 1 aliphatic heterocycles. The van der Waals surface area contributed by atoms with E-state index in [1.54, 1.807) is 0 Å². The fourth-order valence-corrected chi connectivity index (χ4v) is 5.22. The smallest absolute Gasteiger partial charge is 0.328 e. The highest BCUT2D eigenvalue weighted by Gasteiger charge is 2.21. The van der Waals surface area contributed by atoms with E-state index in [1.165, 1.54) is 11.4 Å². The Bertz CT molecular complexity index is 1010. The lowest BCUT2D eigenvalue weighted by Gasteiger charge is -2.38. The molecule has 1 aromatic heterocycles. The fraction of sp³-hybridized carbons (Fsp3) is 0.500. The van der Waals surface area contributed by atoms with Crippen LogP contribution >= 0.6 is 15.9 Å². The normalized spacial score (nSPS) is 20.0. The molecule has 0 amide bonds. The Hall–Kier alpha value is -2.21. The molecule has 1 aromatic carbocycles. The Morgan fingerprint density at radius 3 is 2.31 bits per heavy atom. The summed E-state index contributed by atoms with van der Waals surface area (Å²) in [5.74, 6) is 0.827. The lowest BCUT2D eigenvalue weighted by molar-refractivity contribution is 0.325. The van der Waals surface area contributed by atoms with Gasteiger partial charge in [0.25, 0.3) is 0 Å². The quantitative estimate of drug-likeness (QED) is 0.519. The summed E-state index contributed by atoms with van der Waals surface area (Å²) in [5.41, 5.74) is 2.74.